The van der Waals surface area contributed by atoms with Gasteiger partial charge in [-0.05, 0) is 56.3 Å². The molecule has 1 aliphatic carbocycles. The van der Waals surface area contributed by atoms with E-state index in [1.807, 2.05) is 6.07 Å². The van der Waals surface area contributed by atoms with Crippen molar-refractivity contribution in [3.05, 3.63) is 35.2 Å². The number of tetrazole rings is 1. The molecule has 1 saturated carbocycles. The zero-order valence-corrected chi connectivity index (χ0v) is 17.8. The molecule has 2 aliphatic rings. The van der Waals surface area contributed by atoms with Crippen molar-refractivity contribution in [1.82, 2.24) is 31.3 Å². The SMILES string of the molecule is NCCC[C@H](NC(=O)c1ccc2c(c1)NC(=O)CC2)C(=O)N[C@H]1CCC[C@H]1c1nn[nH]n1. The highest BCUT2D eigenvalue weighted by molar-refractivity contribution is 6.00. The minimum Gasteiger partial charge on any atom is -0.351 e. The lowest BCUT2D eigenvalue weighted by Gasteiger charge is -2.24. The van der Waals surface area contributed by atoms with Crippen LogP contribution in [-0.2, 0) is 16.0 Å². The topological polar surface area (TPSA) is 168 Å². The van der Waals surface area contributed by atoms with E-state index >= 15 is 0 Å². The van der Waals surface area contributed by atoms with Gasteiger partial charge in [-0.15, -0.1) is 10.2 Å². The summed E-state index contributed by atoms with van der Waals surface area (Å²) in [6, 6.07) is 4.38. The number of hydrogen-bond donors (Lipinski definition) is 5. The standard InChI is InChI=1S/C21H28N8O3/c22-10-2-5-16(21(32)24-15-4-1-3-14(15)19-26-28-29-27-19)25-20(31)13-7-6-12-8-9-18(30)23-17(12)11-13/h6-7,11,14-16H,1-5,8-10,22H2,(H,23,30)(H,24,32)(H,25,31)(H,26,27,28,29)/t14-,15+,16+/m1/s1. The van der Waals surface area contributed by atoms with Crippen LogP contribution in [0, 0.1) is 0 Å². The molecule has 11 nitrogen and oxygen atoms in total. The Kier molecular flexibility index (Phi) is 6.74. The minimum absolute atomic E-state index is 0.00665. The molecule has 0 saturated heterocycles. The van der Waals surface area contributed by atoms with Gasteiger partial charge in [0.15, 0.2) is 5.82 Å². The molecular formula is C21H28N8O3. The number of H-pyrrole nitrogens is 1. The fourth-order valence-electron chi connectivity index (χ4n) is 4.40. The highest BCUT2D eigenvalue weighted by atomic mass is 16.2. The number of hydrogen-bond acceptors (Lipinski definition) is 7. The quantitative estimate of drug-likeness (QED) is 0.395. The number of anilines is 1. The third kappa shape index (κ3) is 4.93. The largest absolute Gasteiger partial charge is 0.351 e. The molecule has 32 heavy (non-hydrogen) atoms. The van der Waals surface area contributed by atoms with Crippen molar-refractivity contribution in [1.29, 1.82) is 0 Å². The Balaban J connectivity index is 1.43. The molecule has 0 unspecified atom stereocenters. The van der Waals surface area contributed by atoms with Gasteiger partial charge in [0.25, 0.3) is 5.91 Å². The van der Waals surface area contributed by atoms with Crippen LogP contribution in [0.4, 0.5) is 5.69 Å². The average Bonchev–Trinajstić information content (AvgIpc) is 3.47. The number of nitrogens with one attached hydrogen (secondary N) is 4. The summed E-state index contributed by atoms with van der Waals surface area (Å²) in [7, 11) is 0. The van der Waals surface area contributed by atoms with Crippen molar-refractivity contribution in [3.8, 4) is 0 Å². The first-order valence-corrected chi connectivity index (χ1v) is 11.0. The summed E-state index contributed by atoms with van der Waals surface area (Å²) in [6.45, 7) is 0.416. The van der Waals surface area contributed by atoms with Gasteiger partial charge in [-0.1, -0.05) is 17.7 Å². The number of nitrogens with zero attached hydrogens (tertiary/aromatic N) is 3. The van der Waals surface area contributed by atoms with E-state index in [-0.39, 0.29) is 29.7 Å². The predicted octanol–water partition coefficient (Wildman–Crippen LogP) is 0.374. The van der Waals surface area contributed by atoms with Crippen molar-refractivity contribution >= 4 is 23.4 Å². The van der Waals surface area contributed by atoms with E-state index in [2.05, 4.69) is 36.6 Å². The number of carbonyl (C=O) groups is 3. The van der Waals surface area contributed by atoms with Gasteiger partial charge in [-0.3, -0.25) is 14.4 Å². The molecule has 1 fully saturated rings. The second-order valence-corrected chi connectivity index (χ2v) is 8.30. The number of benzene rings is 1. The Hall–Kier alpha value is -3.34. The van der Waals surface area contributed by atoms with Gasteiger partial charge in [0.1, 0.15) is 6.04 Å². The van der Waals surface area contributed by atoms with Crippen molar-refractivity contribution in [2.24, 2.45) is 5.73 Å². The number of nitrogens with two attached hydrogens (primary N) is 1. The summed E-state index contributed by atoms with van der Waals surface area (Å²) in [6.07, 6.45) is 4.73. The number of fused-ring (bicyclic) bond motifs is 1. The van der Waals surface area contributed by atoms with Crippen molar-refractivity contribution < 1.29 is 14.4 Å². The third-order valence-corrected chi connectivity index (χ3v) is 6.12. The second kappa shape index (κ2) is 9.86. The molecule has 2 aromatic rings. The lowest BCUT2D eigenvalue weighted by molar-refractivity contribution is -0.124. The van der Waals surface area contributed by atoms with Crippen LogP contribution in [0.3, 0.4) is 0 Å². The van der Waals surface area contributed by atoms with E-state index in [4.69, 9.17) is 5.73 Å². The van der Waals surface area contributed by atoms with Crippen LogP contribution in [0.2, 0.25) is 0 Å². The number of aryl methyl sites for hydroxylation is 1. The average molecular weight is 441 g/mol. The van der Waals surface area contributed by atoms with Gasteiger partial charge < -0.3 is 21.7 Å². The van der Waals surface area contributed by atoms with Crippen LogP contribution in [0.15, 0.2) is 18.2 Å². The molecule has 6 N–H and O–H groups in total. The van der Waals surface area contributed by atoms with E-state index in [9.17, 15) is 14.4 Å². The zero-order chi connectivity index (χ0) is 22.5. The van der Waals surface area contributed by atoms with Crippen molar-refractivity contribution in [3.63, 3.8) is 0 Å². The second-order valence-electron chi connectivity index (χ2n) is 8.30. The highest BCUT2D eigenvalue weighted by Gasteiger charge is 2.34. The molecule has 1 aromatic heterocycles. The zero-order valence-electron chi connectivity index (χ0n) is 17.8. The third-order valence-electron chi connectivity index (χ3n) is 6.12. The molecule has 3 amide bonds. The fraction of sp³-hybridized carbons (Fsp3) is 0.524. The Morgan fingerprint density at radius 1 is 1.25 bits per heavy atom. The monoisotopic (exact) mass is 440 g/mol. The number of aromatic nitrogens is 4. The molecule has 3 atom stereocenters. The number of amides is 3. The first-order valence-electron chi connectivity index (χ1n) is 11.0. The predicted molar refractivity (Wildman–Crippen MR) is 116 cm³/mol. The fourth-order valence-corrected chi connectivity index (χ4v) is 4.40. The molecule has 0 spiro atoms. The van der Waals surface area contributed by atoms with E-state index in [1.54, 1.807) is 12.1 Å². The summed E-state index contributed by atoms with van der Waals surface area (Å²) in [5.74, 6) is -0.105. The van der Waals surface area contributed by atoms with Crippen LogP contribution in [0.1, 0.15) is 66.2 Å². The Bertz CT molecular complexity index is 977. The first kappa shape index (κ1) is 21.9. The normalized spacial score (nSPS) is 20.8. The lowest BCUT2D eigenvalue weighted by atomic mass is 10.00. The van der Waals surface area contributed by atoms with E-state index in [1.165, 1.54) is 0 Å². The molecule has 0 bridgehead atoms. The molecule has 170 valence electrons. The number of rotatable bonds is 8. The van der Waals surface area contributed by atoms with E-state index < -0.39 is 6.04 Å². The van der Waals surface area contributed by atoms with Crippen LogP contribution in [0.25, 0.3) is 0 Å². The summed E-state index contributed by atoms with van der Waals surface area (Å²) in [4.78, 5) is 37.7. The molecule has 2 heterocycles. The summed E-state index contributed by atoms with van der Waals surface area (Å²) in [5.41, 5.74) is 7.67. The summed E-state index contributed by atoms with van der Waals surface area (Å²) >= 11 is 0. The first-order chi connectivity index (χ1) is 15.5. The Morgan fingerprint density at radius 2 is 2.12 bits per heavy atom. The van der Waals surface area contributed by atoms with Gasteiger partial charge in [0.2, 0.25) is 11.8 Å². The maximum absolute atomic E-state index is 13.1. The van der Waals surface area contributed by atoms with Crippen LogP contribution >= 0.6 is 0 Å². The molecule has 0 radical (unpaired) electrons. The maximum atomic E-state index is 13.1. The van der Waals surface area contributed by atoms with Crippen LogP contribution in [-0.4, -0.2) is 57.0 Å². The number of carbonyl (C=O) groups excluding carboxylic acids is 3. The summed E-state index contributed by atoms with van der Waals surface area (Å²) in [5, 5.41) is 22.9. The van der Waals surface area contributed by atoms with E-state index in [0.29, 0.717) is 49.3 Å². The lowest BCUT2D eigenvalue weighted by Crippen LogP contribution is -2.50. The molecule has 11 heteroatoms. The van der Waals surface area contributed by atoms with Crippen LogP contribution in [0.5, 0.6) is 0 Å². The van der Waals surface area contributed by atoms with Crippen molar-refractivity contribution in [2.75, 3.05) is 11.9 Å². The molecule has 1 aromatic carbocycles. The van der Waals surface area contributed by atoms with Crippen LogP contribution < -0.4 is 21.7 Å². The molecule has 1 aliphatic heterocycles. The van der Waals surface area contributed by atoms with Gasteiger partial charge in [0.05, 0.1) is 0 Å². The van der Waals surface area contributed by atoms with Crippen molar-refractivity contribution in [2.45, 2.75) is 62.9 Å². The number of aromatic amines is 1. The highest BCUT2D eigenvalue weighted by Crippen LogP contribution is 2.32. The van der Waals surface area contributed by atoms with Gasteiger partial charge in [-0.2, -0.15) is 5.21 Å². The smallest absolute Gasteiger partial charge is 0.252 e. The minimum atomic E-state index is -0.719. The van der Waals surface area contributed by atoms with Gasteiger partial charge >= 0.3 is 0 Å². The van der Waals surface area contributed by atoms with E-state index in [0.717, 1.165) is 24.8 Å². The molecular weight excluding hydrogens is 412 g/mol. The van der Waals surface area contributed by atoms with Gasteiger partial charge in [0, 0.05) is 29.6 Å². The summed E-state index contributed by atoms with van der Waals surface area (Å²) < 4.78 is 0. The Labute approximate surface area is 185 Å². The Morgan fingerprint density at radius 3 is 2.91 bits per heavy atom. The maximum Gasteiger partial charge on any atom is 0.252 e. The molecule has 4 rings (SSSR count). The van der Waals surface area contributed by atoms with Gasteiger partial charge in [-0.25, -0.2) is 0 Å².